The number of hydrogen-bond donors (Lipinski definition) is 0. The maximum atomic E-state index is 5.70. The molecule has 1 saturated heterocycles. The molecule has 1 heterocycles. The van der Waals surface area contributed by atoms with Crippen molar-refractivity contribution in [1.82, 2.24) is 0 Å². The van der Waals surface area contributed by atoms with E-state index < -0.39 is 27.4 Å². The van der Waals surface area contributed by atoms with Crippen molar-refractivity contribution in [2.45, 2.75) is 39.6 Å². The van der Waals surface area contributed by atoms with E-state index in [4.69, 9.17) is 16.8 Å². The second kappa shape index (κ2) is 4.34. The van der Waals surface area contributed by atoms with E-state index in [9.17, 15) is 0 Å². The summed E-state index contributed by atoms with van der Waals surface area (Å²) in [6.45, 7) is 10.0. The van der Waals surface area contributed by atoms with Gasteiger partial charge in [-0.25, -0.2) is 0 Å². The molecular weight excluding hydrogens is 220 g/mol. The molecule has 78 valence electrons. The predicted molar refractivity (Wildman–Crippen MR) is 57.1 cm³/mol. The van der Waals surface area contributed by atoms with Crippen molar-refractivity contribution in [1.29, 1.82) is 0 Å². The molecule has 1 aliphatic rings. The van der Waals surface area contributed by atoms with Crippen LogP contribution >= 0.6 is 0 Å². The molecule has 0 aromatic carbocycles. The molecule has 13 heavy (non-hydrogen) atoms. The van der Waals surface area contributed by atoms with E-state index in [0.717, 1.165) is 0 Å². The summed E-state index contributed by atoms with van der Waals surface area (Å²) < 4.78 is 22.7. The van der Waals surface area contributed by atoms with Gasteiger partial charge in [-0.3, -0.25) is 0 Å². The minimum atomic E-state index is -2.33. The van der Waals surface area contributed by atoms with Crippen molar-refractivity contribution in [3.63, 3.8) is 0 Å². The number of hydrogen-bond acceptors (Lipinski definition) is 4. The largest absolute Gasteiger partial charge is 0.479 e. The highest BCUT2D eigenvalue weighted by Gasteiger charge is 2.44. The van der Waals surface area contributed by atoms with Crippen LogP contribution in [-0.2, 0) is 16.8 Å². The Morgan fingerprint density at radius 2 is 1.62 bits per heavy atom. The lowest BCUT2D eigenvalue weighted by atomic mass is 10.5. The van der Waals surface area contributed by atoms with E-state index in [1.165, 1.54) is 0 Å². The molecule has 0 amide bonds. The van der Waals surface area contributed by atoms with E-state index in [0.29, 0.717) is 0 Å². The van der Waals surface area contributed by atoms with Crippen LogP contribution < -0.4 is 0 Å². The van der Waals surface area contributed by atoms with Gasteiger partial charge in [-0.2, -0.15) is 0 Å². The van der Waals surface area contributed by atoms with Crippen LogP contribution in [0.4, 0.5) is 0 Å². The highest BCUT2D eigenvalue weighted by Crippen LogP contribution is 2.20. The lowest BCUT2D eigenvalue weighted by Crippen LogP contribution is -2.57. The minimum Gasteiger partial charge on any atom is -0.420 e. The molecule has 0 spiro atoms. The summed E-state index contributed by atoms with van der Waals surface area (Å²) in [6.07, 6.45) is 0.164. The van der Waals surface area contributed by atoms with Crippen molar-refractivity contribution in [2.24, 2.45) is 0 Å². The van der Waals surface area contributed by atoms with Crippen molar-refractivity contribution in [2.75, 3.05) is 0 Å². The standard InChI is InChI=1S/C6H18O4Si3/c1-6(2)7-13(5)9-11(3)8-12(4)10-13/h6,11-12H,1-5H3. The molecule has 1 fully saturated rings. The van der Waals surface area contributed by atoms with Crippen LogP contribution in [0, 0.1) is 0 Å². The van der Waals surface area contributed by atoms with Gasteiger partial charge in [0.05, 0.1) is 0 Å². The van der Waals surface area contributed by atoms with E-state index in [1.807, 2.05) is 33.5 Å². The Hall–Kier alpha value is 0.491. The van der Waals surface area contributed by atoms with Crippen LogP contribution in [0.25, 0.3) is 0 Å². The second-order valence-electron chi connectivity index (χ2n) is 3.54. The van der Waals surface area contributed by atoms with E-state index in [1.54, 1.807) is 0 Å². The summed E-state index contributed by atoms with van der Waals surface area (Å²) in [7, 11) is -5.25. The van der Waals surface area contributed by atoms with Gasteiger partial charge in [0.1, 0.15) is 0 Å². The Kier molecular flexibility index (Phi) is 3.86. The molecule has 1 rings (SSSR count). The molecule has 1 aliphatic heterocycles. The maximum Gasteiger partial charge on any atom is 0.479 e. The average Bonchev–Trinajstić information content (AvgIpc) is 1.77. The topological polar surface area (TPSA) is 36.9 Å². The van der Waals surface area contributed by atoms with Gasteiger partial charge in [0.25, 0.3) is 0 Å². The maximum absolute atomic E-state index is 5.70. The van der Waals surface area contributed by atoms with Crippen LogP contribution in [0.15, 0.2) is 0 Å². The third-order valence-corrected chi connectivity index (χ3v) is 11.6. The molecule has 2 unspecified atom stereocenters. The minimum absolute atomic E-state index is 0.164. The molecule has 4 nitrogen and oxygen atoms in total. The Morgan fingerprint density at radius 3 is 2.00 bits per heavy atom. The van der Waals surface area contributed by atoms with Gasteiger partial charge >= 0.3 is 27.4 Å². The Bertz CT molecular complexity index is 162. The Balaban J connectivity index is 2.55. The molecular formula is C6H18O4Si3. The first kappa shape index (κ1) is 11.6. The van der Waals surface area contributed by atoms with Crippen molar-refractivity contribution < 1.29 is 16.8 Å². The number of rotatable bonds is 2. The van der Waals surface area contributed by atoms with E-state index in [2.05, 4.69) is 0 Å². The zero-order chi connectivity index (χ0) is 10.1. The first-order valence-corrected chi connectivity index (χ1v) is 11.0. The molecule has 2 atom stereocenters. The van der Waals surface area contributed by atoms with Gasteiger partial charge in [-0.05, 0) is 26.9 Å². The molecule has 0 aromatic heterocycles. The fourth-order valence-corrected chi connectivity index (χ4v) is 11.9. The van der Waals surface area contributed by atoms with Gasteiger partial charge in [-0.15, -0.1) is 0 Å². The summed E-state index contributed by atoms with van der Waals surface area (Å²) in [5, 5.41) is 0. The fraction of sp³-hybridized carbons (Fsp3) is 1.00. The monoisotopic (exact) mass is 238 g/mol. The van der Waals surface area contributed by atoms with Crippen LogP contribution in [0.1, 0.15) is 13.8 Å². The molecule has 0 N–H and O–H groups in total. The van der Waals surface area contributed by atoms with Gasteiger partial charge in [0, 0.05) is 12.7 Å². The summed E-state index contributed by atoms with van der Waals surface area (Å²) >= 11 is 0. The van der Waals surface area contributed by atoms with Crippen molar-refractivity contribution in [3.8, 4) is 0 Å². The quantitative estimate of drug-likeness (QED) is 0.665. The zero-order valence-electron chi connectivity index (χ0n) is 8.87. The fourth-order valence-electron chi connectivity index (χ4n) is 1.44. The van der Waals surface area contributed by atoms with Gasteiger partial charge < -0.3 is 16.8 Å². The van der Waals surface area contributed by atoms with Gasteiger partial charge in [0.15, 0.2) is 0 Å². The SMILES string of the molecule is CC(C)O[Si]1(C)O[SiH](C)O[SiH](C)O1. The predicted octanol–water partition coefficient (Wildman–Crippen LogP) is 0.744. The molecule has 0 aromatic rings. The van der Waals surface area contributed by atoms with Crippen LogP contribution in [0.5, 0.6) is 0 Å². The highest BCUT2D eigenvalue weighted by atomic mass is 28.5. The van der Waals surface area contributed by atoms with Crippen LogP contribution in [-0.4, -0.2) is 33.5 Å². The third-order valence-electron chi connectivity index (χ3n) is 1.59. The smallest absolute Gasteiger partial charge is 0.420 e. The first-order valence-electron chi connectivity index (χ1n) is 4.60. The lowest BCUT2D eigenvalue weighted by molar-refractivity contribution is 0.101. The zero-order valence-corrected chi connectivity index (χ0v) is 12.2. The second-order valence-corrected chi connectivity index (χ2v) is 10.7. The summed E-state index contributed by atoms with van der Waals surface area (Å²) in [4.78, 5) is 0. The average molecular weight is 238 g/mol. The third kappa shape index (κ3) is 3.62. The van der Waals surface area contributed by atoms with E-state index >= 15 is 0 Å². The molecule has 0 saturated carbocycles. The van der Waals surface area contributed by atoms with Crippen molar-refractivity contribution >= 4 is 27.4 Å². The molecule has 0 aliphatic carbocycles. The Labute approximate surface area is 84.2 Å². The van der Waals surface area contributed by atoms with Crippen molar-refractivity contribution in [3.05, 3.63) is 0 Å². The molecule has 0 radical (unpaired) electrons. The van der Waals surface area contributed by atoms with E-state index in [-0.39, 0.29) is 6.10 Å². The van der Waals surface area contributed by atoms with Crippen LogP contribution in [0.2, 0.25) is 19.6 Å². The summed E-state index contributed by atoms with van der Waals surface area (Å²) in [5.41, 5.74) is 0. The van der Waals surface area contributed by atoms with Gasteiger partial charge in [-0.1, -0.05) is 0 Å². The van der Waals surface area contributed by atoms with Gasteiger partial charge in [0.2, 0.25) is 0 Å². The normalized spacial score (nSPS) is 41.1. The summed E-state index contributed by atoms with van der Waals surface area (Å²) in [6, 6.07) is 0. The summed E-state index contributed by atoms with van der Waals surface area (Å²) in [5.74, 6) is 0. The van der Waals surface area contributed by atoms with Crippen LogP contribution in [0.3, 0.4) is 0 Å². The first-order chi connectivity index (χ1) is 5.91. The molecule has 7 heteroatoms. The lowest BCUT2D eigenvalue weighted by Gasteiger charge is -2.38. The molecule has 0 bridgehead atoms. The Morgan fingerprint density at radius 1 is 1.15 bits per heavy atom. The highest BCUT2D eigenvalue weighted by molar-refractivity contribution is 6.78.